The van der Waals surface area contributed by atoms with Crippen molar-refractivity contribution in [1.82, 2.24) is 0 Å². The van der Waals surface area contributed by atoms with Crippen LogP contribution in [0.5, 0.6) is 0 Å². The van der Waals surface area contributed by atoms with Gasteiger partial charge in [-0.25, -0.2) is 0 Å². The second-order valence-electron chi connectivity index (χ2n) is 4.46. The third-order valence-electron chi connectivity index (χ3n) is 3.15. The quantitative estimate of drug-likeness (QED) is 0.398. The van der Waals surface area contributed by atoms with Gasteiger partial charge in [-0.1, -0.05) is 16.7 Å². The van der Waals surface area contributed by atoms with Gasteiger partial charge in [0, 0.05) is 24.4 Å². The number of benzene rings is 1. The van der Waals surface area contributed by atoms with Crippen LogP contribution in [-0.4, -0.2) is 19.0 Å². The number of rotatable bonds is 3. The van der Waals surface area contributed by atoms with Crippen LogP contribution >= 0.6 is 11.6 Å². The number of carbonyl (C=O) groups is 1. The summed E-state index contributed by atoms with van der Waals surface area (Å²) in [5.74, 6) is -0.239. The molecule has 1 unspecified atom stereocenters. The van der Waals surface area contributed by atoms with Crippen molar-refractivity contribution in [3.05, 3.63) is 33.2 Å². The van der Waals surface area contributed by atoms with Crippen molar-refractivity contribution in [3.8, 4) is 6.07 Å². The summed E-state index contributed by atoms with van der Waals surface area (Å²) in [6.45, 7) is 0.595. The number of amides is 1. The monoisotopic (exact) mass is 290 g/mol. The van der Waals surface area contributed by atoms with Crippen molar-refractivity contribution in [3.63, 3.8) is 0 Å². The smallest absolute Gasteiger partial charge is 0.227 e. The molecule has 20 heavy (non-hydrogen) atoms. The van der Waals surface area contributed by atoms with Gasteiger partial charge in [0.2, 0.25) is 5.91 Å². The maximum Gasteiger partial charge on any atom is 0.227 e. The van der Waals surface area contributed by atoms with E-state index in [0.717, 1.165) is 0 Å². The van der Waals surface area contributed by atoms with Gasteiger partial charge >= 0.3 is 0 Å². The van der Waals surface area contributed by atoms with Crippen LogP contribution in [0.1, 0.15) is 12.0 Å². The minimum atomic E-state index is -0.159. The van der Waals surface area contributed by atoms with E-state index in [1.165, 1.54) is 11.0 Å². The molecular weight excluding hydrogens is 280 g/mol. The molecule has 1 fully saturated rings. The first-order chi connectivity index (χ1) is 9.58. The topological polar surface area (TPSA) is 119 Å². The van der Waals surface area contributed by atoms with Crippen molar-refractivity contribution in [2.45, 2.75) is 6.42 Å². The molecule has 1 aliphatic heterocycles. The molecule has 1 amide bonds. The molecule has 0 aliphatic carbocycles. The number of anilines is 2. The number of nitrogens with zero attached hydrogens (tertiary/aromatic N) is 5. The fraction of sp³-hybridized carbons (Fsp3) is 0.333. The van der Waals surface area contributed by atoms with E-state index in [-0.39, 0.29) is 35.4 Å². The Morgan fingerprint density at radius 1 is 1.65 bits per heavy atom. The summed E-state index contributed by atoms with van der Waals surface area (Å²) in [5, 5.41) is 12.9. The van der Waals surface area contributed by atoms with Gasteiger partial charge in [-0.05, 0) is 23.6 Å². The van der Waals surface area contributed by atoms with Gasteiger partial charge in [0.25, 0.3) is 0 Å². The predicted molar refractivity (Wildman–Crippen MR) is 75.1 cm³/mol. The fourth-order valence-electron chi connectivity index (χ4n) is 2.25. The average molecular weight is 291 g/mol. The minimum absolute atomic E-state index is 0.0803. The van der Waals surface area contributed by atoms with E-state index in [4.69, 9.17) is 22.9 Å². The van der Waals surface area contributed by atoms with Crippen molar-refractivity contribution in [1.29, 1.82) is 5.26 Å². The summed E-state index contributed by atoms with van der Waals surface area (Å²) in [6, 6.07) is 5.06. The molecule has 1 aliphatic rings. The lowest BCUT2D eigenvalue weighted by Crippen LogP contribution is -2.26. The number of nitrogen functional groups attached to an aromatic ring is 1. The van der Waals surface area contributed by atoms with Crippen LogP contribution in [0.25, 0.3) is 10.4 Å². The Morgan fingerprint density at radius 2 is 2.40 bits per heavy atom. The molecule has 0 bridgehead atoms. The lowest BCUT2D eigenvalue weighted by Gasteiger charge is -2.20. The fourth-order valence-corrected chi connectivity index (χ4v) is 2.45. The minimum Gasteiger partial charge on any atom is -0.397 e. The van der Waals surface area contributed by atoms with Crippen LogP contribution in [0.15, 0.2) is 17.2 Å². The first-order valence-corrected chi connectivity index (χ1v) is 6.25. The second kappa shape index (κ2) is 5.70. The Morgan fingerprint density at radius 3 is 3.05 bits per heavy atom. The highest BCUT2D eigenvalue weighted by Gasteiger charge is 2.33. The van der Waals surface area contributed by atoms with Crippen LogP contribution in [0, 0.1) is 17.2 Å². The van der Waals surface area contributed by atoms with Crippen LogP contribution in [-0.2, 0) is 4.79 Å². The summed E-state index contributed by atoms with van der Waals surface area (Å²) < 4.78 is 0. The Hall–Kier alpha value is -2.42. The first-order valence-electron chi connectivity index (χ1n) is 5.87. The van der Waals surface area contributed by atoms with Crippen LogP contribution < -0.4 is 10.6 Å². The van der Waals surface area contributed by atoms with Crippen LogP contribution in [0.2, 0.25) is 5.02 Å². The molecule has 0 aromatic heterocycles. The highest BCUT2D eigenvalue weighted by molar-refractivity contribution is 6.32. The summed E-state index contributed by atoms with van der Waals surface area (Å²) in [4.78, 5) is 16.2. The molecular formula is C12H11ClN6O. The van der Waals surface area contributed by atoms with Crippen LogP contribution in [0.4, 0.5) is 11.4 Å². The highest BCUT2D eigenvalue weighted by Crippen LogP contribution is 2.36. The number of nitriles is 1. The third-order valence-corrected chi connectivity index (χ3v) is 3.46. The number of hydrogen-bond acceptors (Lipinski definition) is 4. The molecule has 1 aromatic carbocycles. The maximum absolute atomic E-state index is 12.1. The number of nitrogens with two attached hydrogens (primary N) is 1. The summed E-state index contributed by atoms with van der Waals surface area (Å²) >= 11 is 5.97. The number of carbonyl (C=O) groups excluding carboxylic acids is 1. The third kappa shape index (κ3) is 2.48. The zero-order chi connectivity index (χ0) is 14.7. The van der Waals surface area contributed by atoms with Crippen molar-refractivity contribution < 1.29 is 4.79 Å². The molecule has 1 aromatic rings. The lowest BCUT2D eigenvalue weighted by atomic mass is 10.1. The first kappa shape index (κ1) is 14.0. The van der Waals surface area contributed by atoms with Gasteiger partial charge in [-0.3, -0.25) is 4.79 Å². The van der Waals surface area contributed by atoms with E-state index in [0.29, 0.717) is 17.9 Å². The maximum atomic E-state index is 12.1. The molecule has 7 nitrogen and oxygen atoms in total. The molecule has 2 rings (SSSR count). The summed E-state index contributed by atoms with van der Waals surface area (Å²) in [7, 11) is 0. The number of azide groups is 1. The van der Waals surface area contributed by atoms with Gasteiger partial charge in [0.05, 0.1) is 22.0 Å². The van der Waals surface area contributed by atoms with Crippen molar-refractivity contribution in [2.24, 2.45) is 11.0 Å². The summed E-state index contributed by atoms with van der Waals surface area (Å²) in [6.07, 6.45) is 0.260. The number of halogens is 1. The molecule has 1 heterocycles. The van der Waals surface area contributed by atoms with E-state index in [1.54, 1.807) is 6.07 Å². The zero-order valence-corrected chi connectivity index (χ0v) is 11.2. The van der Waals surface area contributed by atoms with E-state index in [1.807, 2.05) is 6.07 Å². The largest absolute Gasteiger partial charge is 0.397 e. The van der Waals surface area contributed by atoms with Gasteiger partial charge < -0.3 is 10.6 Å². The Kier molecular flexibility index (Phi) is 3.99. The zero-order valence-electron chi connectivity index (χ0n) is 10.5. The van der Waals surface area contributed by atoms with Gasteiger partial charge in [-0.2, -0.15) is 5.26 Å². The van der Waals surface area contributed by atoms with E-state index in [2.05, 4.69) is 10.0 Å². The van der Waals surface area contributed by atoms with E-state index < -0.39 is 0 Å². The predicted octanol–water partition coefficient (Wildman–Crippen LogP) is 2.46. The van der Waals surface area contributed by atoms with Gasteiger partial charge in [0.1, 0.15) is 6.07 Å². The Labute approximate surface area is 120 Å². The average Bonchev–Trinajstić information content (AvgIpc) is 2.79. The van der Waals surface area contributed by atoms with E-state index >= 15 is 0 Å². The molecule has 0 saturated carbocycles. The highest BCUT2D eigenvalue weighted by atomic mass is 35.5. The molecule has 1 saturated heterocycles. The molecule has 2 N–H and O–H groups in total. The normalized spacial score (nSPS) is 17.7. The second-order valence-corrected chi connectivity index (χ2v) is 4.87. The standard InChI is InChI=1S/C12H11ClN6O/c13-9-1-2-10(15)12(8(9)4-14)19-6-7(3-11(19)20)5-17-18-16/h1-2,7H,3,5-6,15H2. The Balaban J connectivity index is 2.38. The van der Waals surface area contributed by atoms with Crippen molar-refractivity contribution in [2.75, 3.05) is 23.7 Å². The SMILES string of the molecule is N#Cc1c(Cl)ccc(N)c1N1CC(CN=[N+]=[N-])CC1=O. The number of hydrogen-bond donors (Lipinski definition) is 1. The Bertz CT molecular complexity index is 646. The summed E-state index contributed by atoms with van der Waals surface area (Å²) in [5.41, 5.74) is 15.0. The molecule has 0 radical (unpaired) electrons. The molecule has 1 atom stereocenters. The molecule has 8 heteroatoms. The van der Waals surface area contributed by atoms with Gasteiger partial charge in [0.15, 0.2) is 0 Å². The lowest BCUT2D eigenvalue weighted by molar-refractivity contribution is -0.117. The molecule has 102 valence electrons. The van der Waals surface area contributed by atoms with Crippen LogP contribution in [0.3, 0.4) is 0 Å². The molecule has 0 spiro atoms. The van der Waals surface area contributed by atoms with Gasteiger partial charge in [-0.15, -0.1) is 0 Å². The van der Waals surface area contributed by atoms with E-state index in [9.17, 15) is 10.1 Å². The van der Waals surface area contributed by atoms with Crippen molar-refractivity contribution >= 4 is 28.9 Å².